The van der Waals surface area contributed by atoms with Crippen molar-refractivity contribution in [2.75, 3.05) is 5.32 Å². The monoisotopic (exact) mass is 372 g/mol. The number of benzene rings is 1. The van der Waals surface area contributed by atoms with E-state index in [4.69, 9.17) is 0 Å². The van der Waals surface area contributed by atoms with Crippen LogP contribution < -0.4 is 5.32 Å². The van der Waals surface area contributed by atoms with E-state index in [-0.39, 0.29) is 23.7 Å². The molecule has 0 radical (unpaired) electrons. The van der Waals surface area contributed by atoms with Gasteiger partial charge in [0, 0.05) is 12.3 Å². The number of anilines is 1. The summed E-state index contributed by atoms with van der Waals surface area (Å²) in [6.07, 6.45) is 1.66. The van der Waals surface area contributed by atoms with Crippen molar-refractivity contribution in [2.45, 2.75) is 26.9 Å². The molecule has 0 atom stereocenters. The van der Waals surface area contributed by atoms with E-state index in [2.05, 4.69) is 15.5 Å². The van der Waals surface area contributed by atoms with Crippen molar-refractivity contribution in [1.29, 1.82) is 0 Å². The first-order valence-electron chi connectivity index (χ1n) is 8.09. The molecule has 0 saturated carbocycles. The lowest BCUT2D eigenvalue weighted by Crippen LogP contribution is -2.20. The minimum absolute atomic E-state index is 0.0952. The highest BCUT2D eigenvalue weighted by Gasteiger charge is 2.22. The summed E-state index contributed by atoms with van der Waals surface area (Å²) in [5, 5.41) is 21.9. The van der Waals surface area contributed by atoms with Crippen LogP contribution in [0.5, 0.6) is 0 Å². The van der Waals surface area contributed by atoms with Gasteiger partial charge in [-0.2, -0.15) is 10.2 Å². The highest BCUT2D eigenvalue weighted by atomic mass is 19.1. The summed E-state index contributed by atoms with van der Waals surface area (Å²) in [4.78, 5) is 22.7. The summed E-state index contributed by atoms with van der Waals surface area (Å²) in [6, 6.07) is 7.78. The van der Waals surface area contributed by atoms with Crippen LogP contribution >= 0.6 is 0 Å². The van der Waals surface area contributed by atoms with Gasteiger partial charge >= 0.3 is 5.69 Å². The Morgan fingerprint density at radius 1 is 1.30 bits per heavy atom. The summed E-state index contributed by atoms with van der Waals surface area (Å²) in [5.74, 6) is -0.411. The van der Waals surface area contributed by atoms with Crippen LogP contribution in [-0.2, 0) is 17.9 Å². The van der Waals surface area contributed by atoms with E-state index in [1.54, 1.807) is 36.0 Å². The Morgan fingerprint density at radius 3 is 2.74 bits per heavy atom. The molecule has 9 nitrogen and oxygen atoms in total. The highest BCUT2D eigenvalue weighted by Crippen LogP contribution is 2.21. The Morgan fingerprint density at radius 2 is 2.07 bits per heavy atom. The molecule has 0 spiro atoms. The summed E-state index contributed by atoms with van der Waals surface area (Å²) in [6.45, 7) is 3.25. The molecular weight excluding hydrogens is 355 g/mol. The molecule has 1 amide bonds. The summed E-state index contributed by atoms with van der Waals surface area (Å²) < 4.78 is 16.1. The SMILES string of the molecule is Cc1nn(CC(=O)Nc2ccn(Cc3cccc(F)c3)n2)c(C)c1[N+](=O)[O-]. The zero-order chi connectivity index (χ0) is 19.6. The van der Waals surface area contributed by atoms with Gasteiger partial charge < -0.3 is 5.32 Å². The quantitative estimate of drug-likeness (QED) is 0.528. The van der Waals surface area contributed by atoms with Crippen molar-refractivity contribution < 1.29 is 14.1 Å². The van der Waals surface area contributed by atoms with Crippen LogP contribution in [0.15, 0.2) is 36.5 Å². The second-order valence-electron chi connectivity index (χ2n) is 6.01. The van der Waals surface area contributed by atoms with Gasteiger partial charge in [0.05, 0.1) is 11.5 Å². The van der Waals surface area contributed by atoms with E-state index in [1.807, 2.05) is 0 Å². The molecule has 1 aromatic carbocycles. The van der Waals surface area contributed by atoms with Gasteiger partial charge in [-0.15, -0.1) is 0 Å². The van der Waals surface area contributed by atoms with E-state index >= 15 is 0 Å². The first-order chi connectivity index (χ1) is 12.8. The number of rotatable bonds is 6. The molecule has 3 rings (SSSR count). The van der Waals surface area contributed by atoms with E-state index in [1.165, 1.54) is 23.7 Å². The second kappa shape index (κ2) is 7.36. The normalized spacial score (nSPS) is 10.8. The van der Waals surface area contributed by atoms with Gasteiger partial charge in [-0.1, -0.05) is 12.1 Å². The predicted molar refractivity (Wildman–Crippen MR) is 94.7 cm³/mol. The van der Waals surface area contributed by atoms with Crippen molar-refractivity contribution in [3.8, 4) is 0 Å². The topological polar surface area (TPSA) is 108 Å². The van der Waals surface area contributed by atoms with Gasteiger partial charge in [-0.3, -0.25) is 24.3 Å². The number of hydrogen-bond donors (Lipinski definition) is 1. The molecule has 140 valence electrons. The summed E-state index contributed by atoms with van der Waals surface area (Å²) in [7, 11) is 0. The van der Waals surface area contributed by atoms with Gasteiger partial charge in [0.1, 0.15) is 23.7 Å². The number of carbonyl (C=O) groups excluding carboxylic acids is 1. The smallest absolute Gasteiger partial charge is 0.308 e. The van der Waals surface area contributed by atoms with Crippen molar-refractivity contribution in [3.05, 3.63) is 69.4 Å². The van der Waals surface area contributed by atoms with Crippen LogP contribution in [0.25, 0.3) is 0 Å². The lowest BCUT2D eigenvalue weighted by atomic mass is 10.2. The molecule has 27 heavy (non-hydrogen) atoms. The minimum atomic E-state index is -0.514. The third kappa shape index (κ3) is 4.17. The fraction of sp³-hybridized carbons (Fsp3) is 0.235. The summed E-state index contributed by atoms with van der Waals surface area (Å²) >= 11 is 0. The maximum atomic E-state index is 13.2. The lowest BCUT2D eigenvalue weighted by Gasteiger charge is -2.04. The first kappa shape index (κ1) is 18.2. The van der Waals surface area contributed by atoms with Crippen LogP contribution in [0, 0.1) is 29.8 Å². The maximum absolute atomic E-state index is 13.2. The van der Waals surface area contributed by atoms with Gasteiger partial charge in [0.2, 0.25) is 5.91 Å². The van der Waals surface area contributed by atoms with Crippen molar-refractivity contribution in [1.82, 2.24) is 19.6 Å². The van der Waals surface area contributed by atoms with Gasteiger partial charge in [0.25, 0.3) is 0 Å². The van der Waals surface area contributed by atoms with E-state index in [0.29, 0.717) is 18.1 Å². The fourth-order valence-corrected chi connectivity index (χ4v) is 2.76. The fourth-order valence-electron chi connectivity index (χ4n) is 2.76. The Labute approximate surface area is 153 Å². The van der Waals surface area contributed by atoms with Gasteiger partial charge in [0.15, 0.2) is 5.82 Å². The highest BCUT2D eigenvalue weighted by molar-refractivity contribution is 5.89. The molecule has 2 heterocycles. The average molecular weight is 372 g/mol. The zero-order valence-electron chi connectivity index (χ0n) is 14.7. The Balaban J connectivity index is 1.65. The van der Waals surface area contributed by atoms with Crippen LogP contribution in [0.4, 0.5) is 15.9 Å². The maximum Gasteiger partial charge on any atom is 0.312 e. The number of aromatic nitrogens is 4. The van der Waals surface area contributed by atoms with Crippen molar-refractivity contribution >= 4 is 17.4 Å². The van der Waals surface area contributed by atoms with Crippen LogP contribution in [0.2, 0.25) is 0 Å². The molecule has 1 N–H and O–H groups in total. The number of nitrogens with zero attached hydrogens (tertiary/aromatic N) is 5. The van der Waals surface area contributed by atoms with Crippen LogP contribution in [0.3, 0.4) is 0 Å². The Kier molecular flexibility index (Phi) is 4.97. The van der Waals surface area contributed by atoms with Crippen molar-refractivity contribution in [3.63, 3.8) is 0 Å². The number of amides is 1. The lowest BCUT2D eigenvalue weighted by molar-refractivity contribution is -0.386. The van der Waals surface area contributed by atoms with Gasteiger partial charge in [-0.05, 0) is 31.5 Å². The number of hydrogen-bond acceptors (Lipinski definition) is 5. The third-order valence-corrected chi connectivity index (χ3v) is 3.96. The first-order valence-corrected chi connectivity index (χ1v) is 8.09. The number of aryl methyl sites for hydroxylation is 1. The number of halogens is 1. The largest absolute Gasteiger partial charge is 0.312 e. The van der Waals surface area contributed by atoms with E-state index in [0.717, 1.165) is 5.56 Å². The molecular formula is C17H17FN6O3. The summed E-state index contributed by atoms with van der Waals surface area (Å²) in [5.41, 5.74) is 1.21. The Bertz CT molecular complexity index is 1010. The van der Waals surface area contributed by atoms with E-state index < -0.39 is 10.8 Å². The Hall–Kier alpha value is -3.56. The minimum Gasteiger partial charge on any atom is -0.308 e. The number of nitrogens with one attached hydrogen (secondary N) is 1. The number of nitro groups is 1. The molecule has 3 aromatic rings. The molecule has 0 aliphatic rings. The molecule has 2 aromatic heterocycles. The molecule has 0 saturated heterocycles. The molecule has 0 aliphatic carbocycles. The molecule has 0 unspecified atom stereocenters. The second-order valence-corrected chi connectivity index (χ2v) is 6.01. The molecule has 0 bridgehead atoms. The molecule has 0 aliphatic heterocycles. The third-order valence-electron chi connectivity index (χ3n) is 3.96. The average Bonchev–Trinajstić information content (AvgIpc) is 3.11. The zero-order valence-corrected chi connectivity index (χ0v) is 14.7. The van der Waals surface area contributed by atoms with E-state index in [9.17, 15) is 19.3 Å². The van der Waals surface area contributed by atoms with Crippen LogP contribution in [0.1, 0.15) is 17.0 Å². The predicted octanol–water partition coefficient (Wildman–Crippen LogP) is 2.43. The van der Waals surface area contributed by atoms with Crippen molar-refractivity contribution in [2.24, 2.45) is 0 Å². The van der Waals surface area contributed by atoms with Crippen LogP contribution in [-0.4, -0.2) is 30.4 Å². The molecule has 10 heteroatoms. The molecule has 0 fully saturated rings. The standard InChI is InChI=1S/C17H17FN6O3/c1-11-17(24(26)27)12(2)23(20-11)10-16(25)19-15-6-7-22(21-15)9-13-4-3-5-14(18)8-13/h3-8H,9-10H2,1-2H3,(H,19,21,25). The number of carbonyl (C=O) groups is 1. The van der Waals surface area contributed by atoms with Gasteiger partial charge in [-0.25, -0.2) is 4.39 Å².